The summed E-state index contributed by atoms with van der Waals surface area (Å²) < 4.78 is 0. The fourth-order valence-corrected chi connectivity index (χ4v) is 3.84. The van der Waals surface area contributed by atoms with Crippen LogP contribution < -0.4 is 0 Å². The highest BCUT2D eigenvalue weighted by molar-refractivity contribution is 6.40. The lowest BCUT2D eigenvalue weighted by atomic mass is 10.1. The van der Waals surface area contributed by atoms with E-state index in [4.69, 9.17) is 0 Å². The first-order valence-corrected chi connectivity index (χ1v) is 5.66. The molecule has 0 bridgehead atoms. The number of hydrogen-bond donors (Lipinski definition) is 0. The van der Waals surface area contributed by atoms with E-state index in [0.717, 1.165) is 5.54 Å². The van der Waals surface area contributed by atoms with Crippen LogP contribution in [0.3, 0.4) is 0 Å². The molecule has 0 radical (unpaired) electrons. The molecule has 1 aliphatic carbocycles. The van der Waals surface area contributed by atoms with Crippen molar-refractivity contribution in [2.75, 3.05) is 0 Å². The third-order valence-electron chi connectivity index (χ3n) is 2.36. The van der Waals surface area contributed by atoms with Gasteiger partial charge in [-0.1, -0.05) is 36.3 Å². The lowest BCUT2D eigenvalue weighted by molar-refractivity contribution is 0.838. The first kappa shape index (κ1) is 5.48. The van der Waals surface area contributed by atoms with Crippen LogP contribution in [0.2, 0.25) is 11.6 Å². The van der Waals surface area contributed by atoms with Gasteiger partial charge < -0.3 is 0 Å². The van der Waals surface area contributed by atoms with E-state index in [0.29, 0.717) is 0 Å². The first-order valence-electron chi connectivity index (χ1n) is 3.84. The largest absolute Gasteiger partial charge is 0.0807 e. The van der Waals surface area contributed by atoms with Crippen molar-refractivity contribution in [1.82, 2.24) is 0 Å². The number of allylic oxidation sites excluding steroid dienone is 4. The first-order chi connectivity index (χ1) is 4.47. The van der Waals surface area contributed by atoms with Gasteiger partial charge in [0.25, 0.3) is 0 Å². The van der Waals surface area contributed by atoms with Gasteiger partial charge in [0.2, 0.25) is 0 Å². The van der Waals surface area contributed by atoms with E-state index in [9.17, 15) is 0 Å². The summed E-state index contributed by atoms with van der Waals surface area (Å²) in [6.07, 6.45) is 9.86. The predicted octanol–water partition coefficient (Wildman–Crippen LogP) is 1.65. The molecule has 0 nitrogen and oxygen atoms in total. The molecule has 1 saturated heterocycles. The number of rotatable bonds is 0. The maximum Gasteiger partial charge on any atom is 0.0331 e. The molecule has 2 rings (SSSR count). The third-order valence-corrected chi connectivity index (χ3v) is 4.69. The van der Waals surface area contributed by atoms with Crippen LogP contribution in [0.4, 0.5) is 0 Å². The molecular formula is C8H12Si. The van der Waals surface area contributed by atoms with Gasteiger partial charge in [-0.25, -0.2) is 0 Å². The Balaban J connectivity index is 2.16. The predicted molar refractivity (Wildman–Crippen MR) is 43.6 cm³/mol. The minimum Gasteiger partial charge on any atom is -0.0807 e. The SMILES string of the molecule is C1=CC2[SiH2]CCCC2=C1. The Labute approximate surface area is 58.5 Å². The van der Waals surface area contributed by atoms with Crippen LogP contribution in [-0.2, 0) is 0 Å². The summed E-state index contributed by atoms with van der Waals surface area (Å²) >= 11 is 0. The summed E-state index contributed by atoms with van der Waals surface area (Å²) in [4.78, 5) is 0. The molecule has 0 saturated carbocycles. The van der Waals surface area contributed by atoms with Gasteiger partial charge in [-0.2, -0.15) is 0 Å². The summed E-state index contributed by atoms with van der Waals surface area (Å²) in [5, 5.41) is 0. The van der Waals surface area contributed by atoms with E-state index in [2.05, 4.69) is 18.2 Å². The molecule has 0 aromatic carbocycles. The Bertz CT molecular complexity index is 167. The minimum absolute atomic E-state index is 0.282. The molecule has 9 heavy (non-hydrogen) atoms. The van der Waals surface area contributed by atoms with Gasteiger partial charge in [0, 0.05) is 9.52 Å². The van der Waals surface area contributed by atoms with Crippen molar-refractivity contribution < 1.29 is 0 Å². The molecule has 0 aromatic rings. The van der Waals surface area contributed by atoms with Crippen LogP contribution in [0.15, 0.2) is 23.8 Å². The molecule has 2 aliphatic rings. The Hall–Kier alpha value is -0.303. The van der Waals surface area contributed by atoms with E-state index >= 15 is 0 Å². The van der Waals surface area contributed by atoms with Gasteiger partial charge >= 0.3 is 0 Å². The monoisotopic (exact) mass is 136 g/mol. The van der Waals surface area contributed by atoms with Crippen molar-refractivity contribution in [2.45, 2.75) is 24.4 Å². The highest BCUT2D eigenvalue weighted by Gasteiger charge is 2.17. The topological polar surface area (TPSA) is 0 Å². The fraction of sp³-hybridized carbons (Fsp3) is 0.500. The fourth-order valence-electron chi connectivity index (χ4n) is 1.80. The molecule has 48 valence electrons. The van der Waals surface area contributed by atoms with E-state index in [1.54, 1.807) is 11.6 Å². The molecular weight excluding hydrogens is 124 g/mol. The van der Waals surface area contributed by atoms with Crippen molar-refractivity contribution in [2.24, 2.45) is 0 Å². The third kappa shape index (κ3) is 0.896. The van der Waals surface area contributed by atoms with Crippen LogP contribution in [0, 0.1) is 0 Å². The van der Waals surface area contributed by atoms with E-state index < -0.39 is 0 Å². The summed E-state index contributed by atoms with van der Waals surface area (Å²) in [6.45, 7) is 0. The molecule has 0 N–H and O–H groups in total. The van der Waals surface area contributed by atoms with Crippen molar-refractivity contribution in [3.05, 3.63) is 23.8 Å². The summed E-state index contributed by atoms with van der Waals surface area (Å²) in [5.41, 5.74) is 2.73. The number of fused-ring (bicyclic) bond motifs is 1. The summed E-state index contributed by atoms with van der Waals surface area (Å²) in [6, 6.07) is 1.58. The van der Waals surface area contributed by atoms with Crippen LogP contribution in [-0.4, -0.2) is 9.52 Å². The zero-order valence-electron chi connectivity index (χ0n) is 5.64. The van der Waals surface area contributed by atoms with Gasteiger partial charge in [-0.15, -0.1) is 0 Å². The summed E-state index contributed by atoms with van der Waals surface area (Å²) in [7, 11) is 0.282. The lowest BCUT2D eigenvalue weighted by Gasteiger charge is -2.18. The van der Waals surface area contributed by atoms with Gasteiger partial charge in [-0.3, -0.25) is 0 Å². The molecule has 1 heterocycles. The second-order valence-electron chi connectivity index (χ2n) is 2.98. The molecule has 1 heteroatoms. The molecule has 1 unspecified atom stereocenters. The average molecular weight is 136 g/mol. The Morgan fingerprint density at radius 3 is 3.44 bits per heavy atom. The second-order valence-corrected chi connectivity index (χ2v) is 5.14. The number of hydrogen-bond acceptors (Lipinski definition) is 0. The van der Waals surface area contributed by atoms with Crippen LogP contribution in [0.25, 0.3) is 0 Å². The molecule has 1 fully saturated rings. The lowest BCUT2D eigenvalue weighted by Crippen LogP contribution is -2.07. The van der Waals surface area contributed by atoms with Crippen molar-refractivity contribution in [3.8, 4) is 0 Å². The van der Waals surface area contributed by atoms with Gasteiger partial charge in [0.15, 0.2) is 0 Å². The van der Waals surface area contributed by atoms with Crippen LogP contribution >= 0.6 is 0 Å². The molecule has 0 amide bonds. The minimum atomic E-state index is 0.282. The van der Waals surface area contributed by atoms with Crippen molar-refractivity contribution in [3.63, 3.8) is 0 Å². The van der Waals surface area contributed by atoms with E-state index in [-0.39, 0.29) is 9.52 Å². The molecule has 0 spiro atoms. The quantitative estimate of drug-likeness (QED) is 0.444. The molecule has 1 atom stereocenters. The Morgan fingerprint density at radius 2 is 2.56 bits per heavy atom. The highest BCUT2D eigenvalue weighted by atomic mass is 28.2. The van der Waals surface area contributed by atoms with Gasteiger partial charge in [-0.05, 0) is 12.0 Å². The smallest absolute Gasteiger partial charge is 0.0331 e. The molecule has 0 aromatic heterocycles. The van der Waals surface area contributed by atoms with Gasteiger partial charge in [0.05, 0.1) is 0 Å². The summed E-state index contributed by atoms with van der Waals surface area (Å²) in [5.74, 6) is 0. The zero-order valence-corrected chi connectivity index (χ0v) is 7.05. The average Bonchev–Trinajstić information content (AvgIpc) is 2.33. The van der Waals surface area contributed by atoms with E-state index in [1.165, 1.54) is 12.8 Å². The van der Waals surface area contributed by atoms with Crippen LogP contribution in [0.5, 0.6) is 0 Å². The standard InChI is InChI=1S/C8H12Si/c1-3-7-4-2-6-9-8(7)5-1/h1,3,5,8H,2,4,6,9H2. The van der Waals surface area contributed by atoms with Crippen molar-refractivity contribution in [1.29, 1.82) is 0 Å². The Kier molecular flexibility index (Phi) is 1.30. The Morgan fingerprint density at radius 1 is 1.56 bits per heavy atom. The van der Waals surface area contributed by atoms with Gasteiger partial charge in [0.1, 0.15) is 0 Å². The molecule has 1 aliphatic heterocycles. The highest BCUT2D eigenvalue weighted by Crippen LogP contribution is 2.33. The van der Waals surface area contributed by atoms with Crippen molar-refractivity contribution >= 4 is 9.52 Å². The zero-order chi connectivity index (χ0) is 6.10. The maximum absolute atomic E-state index is 2.40. The van der Waals surface area contributed by atoms with E-state index in [1.807, 2.05) is 0 Å². The normalized spacial score (nSPS) is 34.7. The maximum atomic E-state index is 2.40. The van der Waals surface area contributed by atoms with Crippen LogP contribution in [0.1, 0.15) is 12.8 Å². The second kappa shape index (κ2) is 2.14.